The maximum absolute atomic E-state index is 12.3. The van der Waals surface area contributed by atoms with Crippen LogP contribution >= 0.6 is 0 Å². The highest BCUT2D eigenvalue weighted by Gasteiger charge is 2.25. The summed E-state index contributed by atoms with van der Waals surface area (Å²) in [6, 6.07) is 7.26. The van der Waals surface area contributed by atoms with E-state index in [1.165, 1.54) is 0 Å². The minimum absolute atomic E-state index is 0.0659. The van der Waals surface area contributed by atoms with Gasteiger partial charge in [-0.1, -0.05) is 0 Å². The molecule has 0 unspecified atom stereocenters. The lowest BCUT2D eigenvalue weighted by Crippen LogP contribution is -2.41. The second kappa shape index (κ2) is 6.31. The summed E-state index contributed by atoms with van der Waals surface area (Å²) >= 11 is 0. The van der Waals surface area contributed by atoms with Gasteiger partial charge in [0.1, 0.15) is 23.6 Å². The van der Waals surface area contributed by atoms with E-state index in [4.69, 9.17) is 10.00 Å². The Bertz CT molecular complexity index is 682. The summed E-state index contributed by atoms with van der Waals surface area (Å²) in [4.78, 5) is 20.9. The molecule has 1 aliphatic rings. The van der Waals surface area contributed by atoms with Crippen LogP contribution in [0, 0.1) is 11.3 Å². The Hall–Kier alpha value is -2.81. The van der Waals surface area contributed by atoms with Crippen LogP contribution in [0.5, 0.6) is 5.75 Å². The molecule has 112 valence electrons. The van der Waals surface area contributed by atoms with Crippen molar-refractivity contribution in [2.24, 2.45) is 0 Å². The number of carbonyl (C=O) groups excluding carboxylic acids is 1. The van der Waals surface area contributed by atoms with E-state index in [1.54, 1.807) is 29.6 Å². The number of aromatic amines is 1. The molecule has 3 heterocycles. The number of nitriles is 1. The van der Waals surface area contributed by atoms with Gasteiger partial charge in [-0.25, -0.2) is 0 Å². The predicted octanol–water partition coefficient (Wildman–Crippen LogP) is 1.96. The zero-order valence-electron chi connectivity index (χ0n) is 12.0. The number of nitrogens with one attached hydrogen (secondary N) is 1. The number of carbonyl (C=O) groups is 1. The number of aromatic nitrogens is 2. The van der Waals surface area contributed by atoms with Crippen LogP contribution in [0.4, 0.5) is 0 Å². The van der Waals surface area contributed by atoms with Crippen LogP contribution in [0.3, 0.4) is 0 Å². The normalized spacial score (nSPS) is 15.3. The van der Waals surface area contributed by atoms with Gasteiger partial charge < -0.3 is 14.6 Å². The Labute approximate surface area is 128 Å². The molecule has 1 amide bonds. The summed E-state index contributed by atoms with van der Waals surface area (Å²) in [6.07, 6.45) is 6.65. The van der Waals surface area contributed by atoms with Crippen LogP contribution in [0.1, 0.15) is 28.9 Å². The zero-order valence-corrected chi connectivity index (χ0v) is 12.0. The number of piperidine rings is 1. The number of hydrogen-bond donors (Lipinski definition) is 1. The number of hydrogen-bond acceptors (Lipinski definition) is 4. The van der Waals surface area contributed by atoms with Crippen molar-refractivity contribution in [3.05, 3.63) is 48.0 Å². The molecule has 0 atom stereocenters. The molecule has 0 bridgehead atoms. The first kappa shape index (κ1) is 14.1. The van der Waals surface area contributed by atoms with Crippen molar-refractivity contribution in [2.75, 3.05) is 13.1 Å². The molecule has 1 aliphatic heterocycles. The van der Waals surface area contributed by atoms with Crippen LogP contribution < -0.4 is 4.74 Å². The van der Waals surface area contributed by atoms with Crippen molar-refractivity contribution in [3.8, 4) is 11.8 Å². The lowest BCUT2D eigenvalue weighted by Gasteiger charge is -2.31. The number of ether oxygens (including phenoxy) is 1. The van der Waals surface area contributed by atoms with Gasteiger partial charge in [0, 0.05) is 44.5 Å². The van der Waals surface area contributed by atoms with Crippen molar-refractivity contribution in [1.82, 2.24) is 14.9 Å². The molecule has 0 spiro atoms. The maximum Gasteiger partial charge on any atom is 0.270 e. The Morgan fingerprint density at radius 1 is 1.36 bits per heavy atom. The number of nitrogens with zero attached hydrogens (tertiary/aromatic N) is 3. The monoisotopic (exact) mass is 296 g/mol. The molecule has 1 N–H and O–H groups in total. The van der Waals surface area contributed by atoms with Crippen LogP contribution in [0.2, 0.25) is 0 Å². The zero-order chi connectivity index (χ0) is 15.4. The molecule has 6 heteroatoms. The summed E-state index contributed by atoms with van der Waals surface area (Å²) in [6.45, 7) is 1.30. The standard InChI is InChI=1S/C16H16N4O2/c17-10-12-9-15(19-11-12)16(21)20-7-3-14(4-8-20)22-13-1-5-18-6-2-13/h1-2,5-6,9,11,14,19H,3-4,7-8H2. The van der Waals surface area contributed by atoms with Crippen LogP contribution in [0.25, 0.3) is 0 Å². The van der Waals surface area contributed by atoms with Crippen molar-refractivity contribution >= 4 is 5.91 Å². The van der Waals surface area contributed by atoms with E-state index in [2.05, 4.69) is 9.97 Å². The first-order valence-electron chi connectivity index (χ1n) is 7.21. The highest BCUT2D eigenvalue weighted by atomic mass is 16.5. The molecule has 0 aromatic carbocycles. The van der Waals surface area contributed by atoms with Gasteiger partial charge in [0.2, 0.25) is 0 Å². The van der Waals surface area contributed by atoms with E-state index in [9.17, 15) is 4.79 Å². The lowest BCUT2D eigenvalue weighted by atomic mass is 10.1. The van der Waals surface area contributed by atoms with Crippen molar-refractivity contribution in [2.45, 2.75) is 18.9 Å². The minimum atomic E-state index is -0.0659. The topological polar surface area (TPSA) is 82.0 Å². The fourth-order valence-corrected chi connectivity index (χ4v) is 2.54. The van der Waals surface area contributed by atoms with Gasteiger partial charge >= 0.3 is 0 Å². The molecular formula is C16H16N4O2. The number of rotatable bonds is 3. The summed E-state index contributed by atoms with van der Waals surface area (Å²) < 4.78 is 5.88. The molecule has 0 aliphatic carbocycles. The molecule has 3 rings (SSSR count). The SMILES string of the molecule is N#Cc1c[nH]c(C(=O)N2CCC(Oc3ccncc3)CC2)c1. The van der Waals surface area contributed by atoms with Crippen molar-refractivity contribution < 1.29 is 9.53 Å². The van der Waals surface area contributed by atoms with Crippen molar-refractivity contribution in [1.29, 1.82) is 5.26 Å². The van der Waals surface area contributed by atoms with Gasteiger partial charge in [-0.05, 0) is 18.2 Å². The molecule has 2 aromatic heterocycles. The molecule has 1 fully saturated rings. The summed E-state index contributed by atoms with van der Waals surface area (Å²) in [5.74, 6) is 0.742. The smallest absolute Gasteiger partial charge is 0.270 e. The van der Waals surface area contributed by atoms with Gasteiger partial charge in [0.15, 0.2) is 0 Å². The Kier molecular flexibility index (Phi) is 4.05. The van der Waals surface area contributed by atoms with E-state index in [0.29, 0.717) is 24.3 Å². The lowest BCUT2D eigenvalue weighted by molar-refractivity contribution is 0.0590. The second-order valence-electron chi connectivity index (χ2n) is 5.21. The molecule has 2 aromatic rings. The third-order valence-electron chi connectivity index (χ3n) is 3.72. The Morgan fingerprint density at radius 2 is 2.09 bits per heavy atom. The van der Waals surface area contributed by atoms with E-state index in [1.807, 2.05) is 18.2 Å². The van der Waals surface area contributed by atoms with Gasteiger partial charge in [-0.3, -0.25) is 9.78 Å². The molecule has 1 saturated heterocycles. The Morgan fingerprint density at radius 3 is 2.73 bits per heavy atom. The van der Waals surface area contributed by atoms with E-state index in [0.717, 1.165) is 18.6 Å². The van der Waals surface area contributed by atoms with Crippen molar-refractivity contribution in [3.63, 3.8) is 0 Å². The fourth-order valence-electron chi connectivity index (χ4n) is 2.54. The number of amides is 1. The van der Waals surface area contributed by atoms with Crippen LogP contribution in [-0.4, -0.2) is 40.0 Å². The molecule has 0 radical (unpaired) electrons. The predicted molar refractivity (Wildman–Crippen MR) is 79.3 cm³/mol. The first-order chi connectivity index (χ1) is 10.8. The first-order valence-corrected chi connectivity index (χ1v) is 7.21. The average Bonchev–Trinajstić information content (AvgIpc) is 3.05. The Balaban J connectivity index is 1.55. The summed E-state index contributed by atoms with van der Waals surface area (Å²) in [5, 5.41) is 8.80. The molecule has 22 heavy (non-hydrogen) atoms. The highest BCUT2D eigenvalue weighted by Crippen LogP contribution is 2.19. The largest absolute Gasteiger partial charge is 0.490 e. The molecular weight excluding hydrogens is 280 g/mol. The van der Waals surface area contributed by atoms with E-state index >= 15 is 0 Å². The summed E-state index contributed by atoms with van der Waals surface area (Å²) in [5.41, 5.74) is 0.935. The molecule has 6 nitrogen and oxygen atoms in total. The van der Waals surface area contributed by atoms with E-state index in [-0.39, 0.29) is 12.0 Å². The van der Waals surface area contributed by atoms with Gasteiger partial charge in [0.25, 0.3) is 5.91 Å². The van der Waals surface area contributed by atoms with E-state index < -0.39 is 0 Å². The maximum atomic E-state index is 12.3. The average molecular weight is 296 g/mol. The molecule has 0 saturated carbocycles. The quantitative estimate of drug-likeness (QED) is 0.938. The minimum Gasteiger partial charge on any atom is -0.490 e. The van der Waals surface area contributed by atoms with Gasteiger partial charge in [-0.2, -0.15) is 5.26 Å². The number of likely N-dealkylation sites (tertiary alicyclic amines) is 1. The van der Waals surface area contributed by atoms with Crippen LogP contribution in [0.15, 0.2) is 36.8 Å². The third kappa shape index (κ3) is 3.09. The fraction of sp³-hybridized carbons (Fsp3) is 0.312. The van der Waals surface area contributed by atoms with Gasteiger partial charge in [-0.15, -0.1) is 0 Å². The van der Waals surface area contributed by atoms with Crippen LogP contribution in [-0.2, 0) is 0 Å². The van der Waals surface area contributed by atoms with Gasteiger partial charge in [0.05, 0.1) is 5.56 Å². The number of pyridine rings is 1. The third-order valence-corrected chi connectivity index (χ3v) is 3.72. The summed E-state index contributed by atoms with van der Waals surface area (Å²) in [7, 11) is 0. The highest BCUT2D eigenvalue weighted by molar-refractivity contribution is 5.92. The second-order valence-corrected chi connectivity index (χ2v) is 5.21. The number of H-pyrrole nitrogens is 1.